The highest BCUT2D eigenvalue weighted by Gasteiger charge is 2.17. The first-order chi connectivity index (χ1) is 10.4. The highest BCUT2D eigenvalue weighted by molar-refractivity contribution is 7.91. The summed E-state index contributed by atoms with van der Waals surface area (Å²) >= 11 is 2.64. The second kappa shape index (κ2) is 6.11. The molecule has 5 nitrogen and oxygen atoms in total. The second-order valence-corrected chi connectivity index (χ2v) is 9.31. The fourth-order valence-corrected chi connectivity index (χ4v) is 5.35. The third-order valence-corrected chi connectivity index (χ3v) is 7.32. The van der Waals surface area contributed by atoms with Gasteiger partial charge in [-0.05, 0) is 49.4 Å². The van der Waals surface area contributed by atoms with E-state index in [1.807, 2.05) is 6.07 Å². The Morgan fingerprint density at radius 3 is 2.68 bits per heavy atom. The van der Waals surface area contributed by atoms with Crippen LogP contribution in [0.5, 0.6) is 0 Å². The zero-order chi connectivity index (χ0) is 15.7. The van der Waals surface area contributed by atoms with Crippen LogP contribution in [0.25, 0.3) is 0 Å². The fourth-order valence-electron chi connectivity index (χ4n) is 2.46. The van der Waals surface area contributed by atoms with Crippen molar-refractivity contribution in [2.45, 2.75) is 36.4 Å². The highest BCUT2D eigenvalue weighted by Crippen LogP contribution is 2.29. The van der Waals surface area contributed by atoms with Crippen molar-refractivity contribution in [1.29, 1.82) is 0 Å². The molecule has 1 aliphatic carbocycles. The standard InChI is InChI=1S/C14H16N2O3S3/c15-22(18,19)13-6-5-10(20-13)8-16-14(17)12-7-9-3-1-2-4-11(9)21-12/h5-7H,1-4,8H2,(H,16,17)(H2,15,18,19). The minimum Gasteiger partial charge on any atom is -0.346 e. The molecule has 1 aliphatic rings. The molecule has 3 N–H and O–H groups in total. The maximum Gasteiger partial charge on any atom is 0.261 e. The van der Waals surface area contributed by atoms with Gasteiger partial charge in [0, 0.05) is 9.75 Å². The van der Waals surface area contributed by atoms with Gasteiger partial charge in [0.25, 0.3) is 5.91 Å². The summed E-state index contributed by atoms with van der Waals surface area (Å²) in [6, 6.07) is 5.12. The van der Waals surface area contributed by atoms with Crippen LogP contribution in [-0.2, 0) is 29.4 Å². The number of aryl methyl sites for hydroxylation is 2. The molecule has 0 bridgehead atoms. The number of thiophene rings is 2. The quantitative estimate of drug-likeness (QED) is 0.880. The Bertz CT molecular complexity index is 782. The summed E-state index contributed by atoms with van der Waals surface area (Å²) in [4.78, 5) is 15.0. The van der Waals surface area contributed by atoms with Crippen molar-refractivity contribution in [3.8, 4) is 0 Å². The van der Waals surface area contributed by atoms with Crippen molar-refractivity contribution in [3.63, 3.8) is 0 Å². The van der Waals surface area contributed by atoms with Gasteiger partial charge < -0.3 is 5.32 Å². The normalized spacial score (nSPS) is 14.6. The molecular formula is C14H16N2O3S3. The Morgan fingerprint density at radius 2 is 2.00 bits per heavy atom. The van der Waals surface area contributed by atoms with Crippen molar-refractivity contribution in [1.82, 2.24) is 5.32 Å². The number of nitrogens with one attached hydrogen (secondary N) is 1. The second-order valence-electron chi connectivity index (χ2n) is 5.21. The summed E-state index contributed by atoms with van der Waals surface area (Å²) < 4.78 is 22.6. The predicted molar refractivity (Wildman–Crippen MR) is 87.8 cm³/mol. The molecule has 8 heteroatoms. The molecular weight excluding hydrogens is 340 g/mol. The van der Waals surface area contributed by atoms with E-state index in [4.69, 9.17) is 5.14 Å². The molecule has 2 aromatic heterocycles. The molecule has 2 heterocycles. The summed E-state index contributed by atoms with van der Waals surface area (Å²) in [6.45, 7) is 0.307. The van der Waals surface area contributed by atoms with Crippen molar-refractivity contribution in [2.75, 3.05) is 0 Å². The average molecular weight is 356 g/mol. The Hall–Kier alpha value is -1.22. The molecule has 0 saturated carbocycles. The van der Waals surface area contributed by atoms with Crippen LogP contribution in [0.2, 0.25) is 0 Å². The summed E-state index contributed by atoms with van der Waals surface area (Å²) in [5, 5.41) is 7.91. The van der Waals surface area contributed by atoms with Crippen LogP contribution in [-0.4, -0.2) is 14.3 Å². The Labute approximate surface area is 137 Å². The van der Waals surface area contributed by atoms with E-state index in [2.05, 4.69) is 5.32 Å². The average Bonchev–Trinajstić information content (AvgIpc) is 3.10. The van der Waals surface area contributed by atoms with E-state index in [9.17, 15) is 13.2 Å². The Morgan fingerprint density at radius 1 is 1.23 bits per heavy atom. The maximum atomic E-state index is 12.2. The van der Waals surface area contributed by atoms with Crippen LogP contribution in [0.15, 0.2) is 22.4 Å². The zero-order valence-corrected chi connectivity index (χ0v) is 14.2. The van der Waals surface area contributed by atoms with E-state index in [0.717, 1.165) is 33.9 Å². The zero-order valence-electron chi connectivity index (χ0n) is 11.8. The number of fused-ring (bicyclic) bond motifs is 1. The van der Waals surface area contributed by atoms with Crippen LogP contribution in [0, 0.1) is 0 Å². The van der Waals surface area contributed by atoms with Crippen LogP contribution >= 0.6 is 22.7 Å². The SMILES string of the molecule is NS(=O)(=O)c1ccc(CNC(=O)c2cc3c(s2)CCCC3)s1. The van der Waals surface area contributed by atoms with Gasteiger partial charge in [0.05, 0.1) is 11.4 Å². The summed E-state index contributed by atoms with van der Waals surface area (Å²) in [5.74, 6) is -0.107. The number of hydrogen-bond acceptors (Lipinski definition) is 5. The third-order valence-electron chi connectivity index (χ3n) is 3.56. The fraction of sp³-hybridized carbons (Fsp3) is 0.357. The molecule has 2 aromatic rings. The number of primary sulfonamides is 1. The van der Waals surface area contributed by atoms with Crippen molar-refractivity contribution in [3.05, 3.63) is 38.4 Å². The van der Waals surface area contributed by atoms with E-state index in [0.29, 0.717) is 6.54 Å². The lowest BCUT2D eigenvalue weighted by Crippen LogP contribution is -2.21. The minimum atomic E-state index is -3.67. The van der Waals surface area contributed by atoms with Gasteiger partial charge in [0.15, 0.2) is 0 Å². The van der Waals surface area contributed by atoms with Gasteiger partial charge in [-0.2, -0.15) is 0 Å². The number of carbonyl (C=O) groups excluding carboxylic acids is 1. The van der Waals surface area contributed by atoms with Crippen molar-refractivity contribution in [2.24, 2.45) is 5.14 Å². The topological polar surface area (TPSA) is 89.3 Å². The molecule has 0 saturated heterocycles. The van der Waals surface area contributed by atoms with Gasteiger partial charge in [-0.3, -0.25) is 4.79 Å². The number of rotatable bonds is 4. The van der Waals surface area contributed by atoms with Crippen LogP contribution in [0.1, 0.15) is 37.8 Å². The number of nitrogens with two attached hydrogens (primary N) is 1. The van der Waals surface area contributed by atoms with E-state index < -0.39 is 10.0 Å². The molecule has 3 rings (SSSR count). The molecule has 118 valence electrons. The summed E-state index contributed by atoms with van der Waals surface area (Å²) in [7, 11) is -3.67. The number of carbonyl (C=O) groups is 1. The largest absolute Gasteiger partial charge is 0.346 e. The smallest absolute Gasteiger partial charge is 0.261 e. The number of amides is 1. The molecule has 0 unspecified atom stereocenters. The number of sulfonamides is 1. The Kier molecular flexibility index (Phi) is 4.35. The minimum absolute atomic E-state index is 0.107. The van der Waals surface area contributed by atoms with E-state index in [1.54, 1.807) is 17.4 Å². The van der Waals surface area contributed by atoms with Crippen LogP contribution in [0.4, 0.5) is 0 Å². The monoisotopic (exact) mass is 356 g/mol. The lowest BCUT2D eigenvalue weighted by atomic mass is 9.99. The summed E-state index contributed by atoms with van der Waals surface area (Å²) in [5.41, 5.74) is 1.30. The predicted octanol–water partition coefficient (Wildman–Crippen LogP) is 2.27. The van der Waals surface area contributed by atoms with Gasteiger partial charge in [-0.25, -0.2) is 13.6 Å². The molecule has 0 spiro atoms. The molecule has 0 aliphatic heterocycles. The van der Waals surface area contributed by atoms with E-state index >= 15 is 0 Å². The van der Waals surface area contributed by atoms with E-state index in [-0.39, 0.29) is 10.1 Å². The molecule has 22 heavy (non-hydrogen) atoms. The maximum absolute atomic E-state index is 12.2. The lowest BCUT2D eigenvalue weighted by Gasteiger charge is -2.08. The number of hydrogen-bond donors (Lipinski definition) is 2. The van der Waals surface area contributed by atoms with Gasteiger partial charge in [-0.1, -0.05) is 0 Å². The lowest BCUT2D eigenvalue weighted by molar-refractivity contribution is 0.0955. The molecule has 0 atom stereocenters. The van der Waals surface area contributed by atoms with Crippen LogP contribution < -0.4 is 10.5 Å². The summed E-state index contributed by atoms with van der Waals surface area (Å²) in [6.07, 6.45) is 4.51. The molecule has 0 radical (unpaired) electrons. The van der Waals surface area contributed by atoms with Gasteiger partial charge in [0.2, 0.25) is 10.0 Å². The molecule has 0 aromatic carbocycles. The third kappa shape index (κ3) is 3.40. The first kappa shape index (κ1) is 15.7. The molecule has 0 fully saturated rings. The first-order valence-corrected chi connectivity index (χ1v) is 10.1. The first-order valence-electron chi connectivity index (χ1n) is 6.95. The van der Waals surface area contributed by atoms with Crippen molar-refractivity contribution >= 4 is 38.6 Å². The van der Waals surface area contributed by atoms with E-state index in [1.165, 1.54) is 29.3 Å². The van der Waals surface area contributed by atoms with Gasteiger partial charge >= 0.3 is 0 Å². The van der Waals surface area contributed by atoms with Gasteiger partial charge in [-0.15, -0.1) is 22.7 Å². The van der Waals surface area contributed by atoms with Gasteiger partial charge in [0.1, 0.15) is 4.21 Å². The Balaban J connectivity index is 1.65. The van der Waals surface area contributed by atoms with Crippen LogP contribution in [0.3, 0.4) is 0 Å². The highest BCUT2D eigenvalue weighted by atomic mass is 32.2. The molecule has 1 amide bonds. The van der Waals surface area contributed by atoms with Crippen molar-refractivity contribution < 1.29 is 13.2 Å².